The van der Waals surface area contributed by atoms with Gasteiger partial charge in [-0.25, -0.2) is 4.98 Å². The Morgan fingerprint density at radius 2 is 2.11 bits per heavy atom. The molecule has 3 rings (SSSR count). The van der Waals surface area contributed by atoms with E-state index in [1.54, 1.807) is 11.3 Å². The van der Waals surface area contributed by atoms with Crippen LogP contribution in [0.5, 0.6) is 0 Å². The summed E-state index contributed by atoms with van der Waals surface area (Å²) in [7, 11) is 0. The Morgan fingerprint density at radius 1 is 1.33 bits per heavy atom. The highest BCUT2D eigenvalue weighted by Gasteiger charge is 2.32. The van der Waals surface area contributed by atoms with Crippen LogP contribution in [0, 0.1) is 5.92 Å². The van der Waals surface area contributed by atoms with Crippen molar-refractivity contribution in [2.24, 2.45) is 5.92 Å². The molecule has 1 aromatic rings. The van der Waals surface area contributed by atoms with Crippen LogP contribution in [0.1, 0.15) is 56.0 Å². The maximum Gasteiger partial charge on any atom is 0.186 e. The molecule has 18 heavy (non-hydrogen) atoms. The summed E-state index contributed by atoms with van der Waals surface area (Å²) in [5, 5.41) is 10.6. The topological polar surface area (TPSA) is 36.4 Å². The Morgan fingerprint density at radius 3 is 2.72 bits per heavy atom. The molecule has 0 amide bonds. The summed E-state index contributed by atoms with van der Waals surface area (Å²) in [5.74, 6) is 1.47. The van der Waals surface area contributed by atoms with Crippen LogP contribution in [0.4, 0.5) is 5.13 Å². The lowest BCUT2D eigenvalue weighted by atomic mass is 9.94. The van der Waals surface area contributed by atoms with Crippen molar-refractivity contribution in [3.05, 3.63) is 10.6 Å². The van der Waals surface area contributed by atoms with Gasteiger partial charge >= 0.3 is 0 Å². The number of aliphatic hydroxyl groups excluding tert-OH is 1. The fraction of sp³-hybridized carbons (Fsp3) is 0.786. The quantitative estimate of drug-likeness (QED) is 0.913. The lowest BCUT2D eigenvalue weighted by Crippen LogP contribution is -2.40. The van der Waals surface area contributed by atoms with Gasteiger partial charge in [0.05, 0.1) is 17.2 Å². The summed E-state index contributed by atoms with van der Waals surface area (Å²) in [5.41, 5.74) is 1.18. The first-order chi connectivity index (χ1) is 8.69. The van der Waals surface area contributed by atoms with Crippen LogP contribution in [0.15, 0.2) is 0 Å². The molecule has 1 saturated heterocycles. The summed E-state index contributed by atoms with van der Waals surface area (Å²) in [4.78, 5) is 8.36. The molecule has 4 heteroatoms. The Bertz CT molecular complexity index is 427. The van der Waals surface area contributed by atoms with E-state index >= 15 is 0 Å². The molecule has 2 aliphatic rings. The molecule has 0 bridgehead atoms. The van der Waals surface area contributed by atoms with Crippen molar-refractivity contribution in [1.82, 2.24) is 4.98 Å². The van der Waals surface area contributed by atoms with Gasteiger partial charge in [0.1, 0.15) is 0 Å². The molecule has 0 aromatic carbocycles. The zero-order chi connectivity index (χ0) is 12.7. The van der Waals surface area contributed by atoms with Crippen LogP contribution in [0.3, 0.4) is 0 Å². The molecule has 0 spiro atoms. The molecule has 1 aliphatic heterocycles. The lowest BCUT2D eigenvalue weighted by molar-refractivity contribution is 0.284. The van der Waals surface area contributed by atoms with Crippen molar-refractivity contribution in [3.8, 4) is 0 Å². The number of piperidine rings is 1. The number of hydrogen-bond donors (Lipinski definition) is 1. The lowest BCUT2D eigenvalue weighted by Gasteiger charge is -2.36. The van der Waals surface area contributed by atoms with E-state index in [1.807, 2.05) is 0 Å². The first-order valence-corrected chi connectivity index (χ1v) is 7.87. The average molecular weight is 266 g/mol. The fourth-order valence-corrected chi connectivity index (χ4v) is 4.09. The predicted octanol–water partition coefficient (Wildman–Crippen LogP) is 3.14. The summed E-state index contributed by atoms with van der Waals surface area (Å²) in [6, 6.07) is 0.582. The number of aromatic nitrogens is 1. The van der Waals surface area contributed by atoms with E-state index in [4.69, 9.17) is 4.98 Å². The van der Waals surface area contributed by atoms with Crippen LogP contribution in [-0.2, 0) is 6.61 Å². The fourth-order valence-electron chi connectivity index (χ4n) is 2.95. The highest BCUT2D eigenvalue weighted by molar-refractivity contribution is 7.15. The zero-order valence-corrected chi connectivity index (χ0v) is 12.0. The summed E-state index contributed by atoms with van der Waals surface area (Å²) < 4.78 is 0. The highest BCUT2D eigenvalue weighted by Crippen LogP contribution is 2.44. The second-order valence-electron chi connectivity index (χ2n) is 5.91. The molecule has 2 atom stereocenters. The van der Waals surface area contributed by atoms with Crippen molar-refractivity contribution in [1.29, 1.82) is 0 Å². The first kappa shape index (κ1) is 12.4. The van der Waals surface area contributed by atoms with Crippen LogP contribution in [0.25, 0.3) is 0 Å². The minimum atomic E-state index is 0.155. The Kier molecular flexibility index (Phi) is 3.32. The maximum absolute atomic E-state index is 9.47. The van der Waals surface area contributed by atoms with Gasteiger partial charge in [-0.2, -0.15) is 0 Å². The smallest absolute Gasteiger partial charge is 0.186 e. The third-order valence-corrected chi connectivity index (χ3v) is 5.30. The Balaban J connectivity index is 1.83. The molecular weight excluding hydrogens is 244 g/mol. The highest BCUT2D eigenvalue weighted by atomic mass is 32.1. The van der Waals surface area contributed by atoms with Crippen LogP contribution in [0.2, 0.25) is 0 Å². The molecule has 1 N–H and O–H groups in total. The van der Waals surface area contributed by atoms with Gasteiger partial charge < -0.3 is 10.0 Å². The molecule has 0 radical (unpaired) electrons. The molecule has 1 aliphatic carbocycles. The monoisotopic (exact) mass is 266 g/mol. The van der Waals surface area contributed by atoms with Crippen molar-refractivity contribution in [3.63, 3.8) is 0 Å². The van der Waals surface area contributed by atoms with E-state index < -0.39 is 0 Å². The normalized spacial score (nSPS) is 28.7. The number of nitrogens with zero attached hydrogens (tertiary/aromatic N) is 2. The SMILES string of the molecule is CC1CCN(c2nc(C3CC3)c(CO)s2)C(C)C1. The average Bonchev–Trinajstić information content (AvgIpc) is 3.10. The van der Waals surface area contributed by atoms with Gasteiger partial charge in [0, 0.05) is 18.5 Å². The summed E-state index contributed by atoms with van der Waals surface area (Å²) >= 11 is 1.70. The van der Waals surface area contributed by atoms with Crippen LogP contribution >= 0.6 is 11.3 Å². The third-order valence-electron chi connectivity index (χ3n) is 4.21. The Hall–Kier alpha value is -0.610. The molecule has 3 nitrogen and oxygen atoms in total. The van der Waals surface area contributed by atoms with Crippen molar-refractivity contribution in [2.75, 3.05) is 11.4 Å². The second kappa shape index (κ2) is 4.82. The van der Waals surface area contributed by atoms with Gasteiger partial charge in [-0.1, -0.05) is 18.3 Å². The number of hydrogen-bond acceptors (Lipinski definition) is 4. The predicted molar refractivity (Wildman–Crippen MR) is 75.2 cm³/mol. The molecule has 1 aromatic heterocycles. The molecule has 1 saturated carbocycles. The van der Waals surface area contributed by atoms with E-state index in [1.165, 1.54) is 31.4 Å². The Labute approximate surface area is 113 Å². The first-order valence-electron chi connectivity index (χ1n) is 7.06. The zero-order valence-electron chi connectivity index (χ0n) is 11.2. The van der Waals surface area contributed by atoms with Gasteiger partial charge in [0.15, 0.2) is 5.13 Å². The number of aliphatic hydroxyl groups is 1. The van der Waals surface area contributed by atoms with Crippen LogP contribution < -0.4 is 4.90 Å². The molecular formula is C14H22N2OS. The van der Waals surface area contributed by atoms with Crippen molar-refractivity contribution < 1.29 is 5.11 Å². The number of thiazole rings is 1. The van der Waals surface area contributed by atoms with Crippen molar-refractivity contribution >= 4 is 16.5 Å². The molecule has 2 fully saturated rings. The van der Waals surface area contributed by atoms with E-state index in [9.17, 15) is 5.11 Å². The molecule has 100 valence electrons. The van der Waals surface area contributed by atoms with Crippen LogP contribution in [-0.4, -0.2) is 22.7 Å². The van der Waals surface area contributed by atoms with E-state index in [0.717, 1.165) is 22.5 Å². The molecule has 2 heterocycles. The van der Waals surface area contributed by atoms with Gasteiger partial charge in [-0.3, -0.25) is 0 Å². The molecule has 2 unspecified atom stereocenters. The minimum Gasteiger partial charge on any atom is -0.391 e. The summed E-state index contributed by atoms with van der Waals surface area (Å²) in [6.45, 7) is 5.91. The largest absolute Gasteiger partial charge is 0.391 e. The summed E-state index contributed by atoms with van der Waals surface area (Å²) in [6.07, 6.45) is 5.02. The van der Waals surface area contributed by atoms with Gasteiger partial charge in [0.25, 0.3) is 0 Å². The van der Waals surface area contributed by atoms with E-state index in [2.05, 4.69) is 18.7 Å². The van der Waals surface area contributed by atoms with Crippen molar-refractivity contribution in [2.45, 2.75) is 58.1 Å². The third kappa shape index (κ3) is 2.28. The number of rotatable bonds is 3. The second-order valence-corrected chi connectivity index (χ2v) is 6.97. The van der Waals surface area contributed by atoms with Gasteiger partial charge in [-0.15, -0.1) is 0 Å². The van der Waals surface area contributed by atoms with Gasteiger partial charge in [0.2, 0.25) is 0 Å². The maximum atomic E-state index is 9.47. The van der Waals surface area contributed by atoms with E-state index in [-0.39, 0.29) is 6.61 Å². The number of anilines is 1. The van der Waals surface area contributed by atoms with Gasteiger partial charge in [-0.05, 0) is 38.5 Å². The minimum absolute atomic E-state index is 0.155. The standard InChI is InChI=1S/C14H22N2OS/c1-9-5-6-16(10(2)7-9)14-15-13(11-3-4-11)12(8-17)18-14/h9-11,17H,3-8H2,1-2H3. The van der Waals surface area contributed by atoms with E-state index in [0.29, 0.717) is 12.0 Å².